The average molecular weight is 186 g/mol. The zero-order valence-electron chi connectivity index (χ0n) is 7.94. The maximum atomic E-state index is 11.3. The van der Waals surface area contributed by atoms with Gasteiger partial charge in [0.15, 0.2) is 0 Å². The van der Waals surface area contributed by atoms with Gasteiger partial charge < -0.3 is 10.6 Å². The minimum atomic E-state index is -0.587. The third-order valence-corrected chi connectivity index (χ3v) is 2.15. The van der Waals surface area contributed by atoms with Crippen LogP contribution in [0.15, 0.2) is 0 Å². The number of rotatable bonds is 1. The average Bonchev–Trinajstić information content (AvgIpc) is 1.99. The molecule has 6 nitrogen and oxygen atoms in total. The van der Waals surface area contributed by atoms with Crippen LogP contribution < -0.4 is 11.1 Å². The van der Waals surface area contributed by atoms with E-state index in [9.17, 15) is 9.59 Å². The Morgan fingerprint density at radius 1 is 1.46 bits per heavy atom. The quantitative estimate of drug-likeness (QED) is 0.516. The molecule has 74 valence electrons. The van der Waals surface area contributed by atoms with Crippen molar-refractivity contribution in [3.63, 3.8) is 0 Å². The van der Waals surface area contributed by atoms with Crippen LogP contribution in [-0.4, -0.2) is 55.1 Å². The van der Waals surface area contributed by atoms with Gasteiger partial charge in [-0.15, -0.1) is 0 Å². The molecule has 1 aliphatic rings. The molecule has 0 aliphatic carbocycles. The Labute approximate surface area is 76.7 Å². The fourth-order valence-corrected chi connectivity index (χ4v) is 1.31. The minimum Gasteiger partial charge on any atom is -0.310 e. The lowest BCUT2D eigenvalue weighted by Gasteiger charge is -2.38. The molecular formula is C7H14N4O2. The van der Waals surface area contributed by atoms with Gasteiger partial charge in [-0.3, -0.25) is 15.0 Å². The number of nitrogens with zero attached hydrogens (tertiary/aromatic N) is 2. The molecule has 0 bridgehead atoms. The molecule has 0 aromatic rings. The summed E-state index contributed by atoms with van der Waals surface area (Å²) >= 11 is 0. The molecule has 0 radical (unpaired) electrons. The number of amides is 3. The number of carbonyl (C=O) groups is 2. The molecule has 1 aliphatic heterocycles. The van der Waals surface area contributed by atoms with Crippen LogP contribution in [0.4, 0.5) is 4.79 Å². The Hall–Kier alpha value is -1.14. The zero-order chi connectivity index (χ0) is 10.2. The fourth-order valence-electron chi connectivity index (χ4n) is 1.31. The van der Waals surface area contributed by atoms with Crippen LogP contribution in [0.3, 0.4) is 0 Å². The first kappa shape index (κ1) is 9.94. The normalized spacial score (nSPS) is 29.5. The molecule has 3 amide bonds. The van der Waals surface area contributed by atoms with E-state index in [1.54, 1.807) is 26.0 Å². The summed E-state index contributed by atoms with van der Waals surface area (Å²) < 4.78 is 0. The van der Waals surface area contributed by atoms with Crippen molar-refractivity contribution in [3.05, 3.63) is 0 Å². The van der Waals surface area contributed by atoms with Gasteiger partial charge in [-0.2, -0.15) is 0 Å². The second-order valence-electron chi connectivity index (χ2n) is 3.30. The van der Waals surface area contributed by atoms with Crippen molar-refractivity contribution in [2.45, 2.75) is 12.2 Å². The first-order valence-corrected chi connectivity index (χ1v) is 3.95. The maximum absolute atomic E-state index is 11.3. The lowest BCUT2D eigenvalue weighted by molar-refractivity contribution is -0.128. The second kappa shape index (κ2) is 3.31. The molecule has 6 heteroatoms. The van der Waals surface area contributed by atoms with E-state index in [1.165, 1.54) is 4.90 Å². The topological polar surface area (TPSA) is 78.7 Å². The third kappa shape index (κ3) is 1.63. The lowest BCUT2D eigenvalue weighted by atomic mass is 10.1. The summed E-state index contributed by atoms with van der Waals surface area (Å²) in [5.74, 6) is -0.347. The van der Waals surface area contributed by atoms with E-state index in [0.29, 0.717) is 0 Å². The van der Waals surface area contributed by atoms with E-state index < -0.39 is 18.2 Å². The highest BCUT2D eigenvalue weighted by Gasteiger charge is 2.38. The number of hydrogen-bond donors (Lipinski definition) is 2. The number of carbonyl (C=O) groups excluding carboxylic acids is 2. The summed E-state index contributed by atoms with van der Waals surface area (Å²) in [4.78, 5) is 25.4. The highest BCUT2D eigenvalue weighted by Crippen LogP contribution is 2.08. The van der Waals surface area contributed by atoms with E-state index in [1.807, 2.05) is 0 Å². The summed E-state index contributed by atoms with van der Waals surface area (Å²) in [6, 6.07) is -0.932. The predicted octanol–water partition coefficient (Wildman–Crippen LogP) is -1.62. The fraction of sp³-hybridized carbons (Fsp3) is 0.714. The number of nitrogens with one attached hydrogen (secondary N) is 1. The molecule has 1 rings (SSSR count). The van der Waals surface area contributed by atoms with Crippen molar-refractivity contribution < 1.29 is 9.59 Å². The maximum Gasteiger partial charge on any atom is 0.325 e. The van der Waals surface area contributed by atoms with Crippen LogP contribution in [-0.2, 0) is 4.79 Å². The molecule has 0 aromatic carbocycles. The van der Waals surface area contributed by atoms with Crippen molar-refractivity contribution >= 4 is 11.9 Å². The lowest BCUT2D eigenvalue weighted by Crippen LogP contribution is -2.68. The number of nitrogens with two attached hydrogens (primary N) is 1. The van der Waals surface area contributed by atoms with Gasteiger partial charge in [0, 0.05) is 7.05 Å². The highest BCUT2D eigenvalue weighted by molar-refractivity contribution is 6.00. The Balaban J connectivity index is 2.85. The van der Waals surface area contributed by atoms with Crippen molar-refractivity contribution in [2.75, 3.05) is 21.1 Å². The summed E-state index contributed by atoms with van der Waals surface area (Å²) in [6.45, 7) is 0. The molecular weight excluding hydrogens is 172 g/mol. The number of hydrogen-bond acceptors (Lipinski definition) is 4. The molecule has 1 heterocycles. The van der Waals surface area contributed by atoms with Gasteiger partial charge in [0.25, 0.3) is 0 Å². The highest BCUT2D eigenvalue weighted by atomic mass is 16.2. The van der Waals surface area contributed by atoms with Gasteiger partial charge in [0.1, 0.15) is 12.2 Å². The van der Waals surface area contributed by atoms with Crippen LogP contribution in [0.1, 0.15) is 0 Å². The smallest absolute Gasteiger partial charge is 0.310 e. The van der Waals surface area contributed by atoms with Gasteiger partial charge in [-0.25, -0.2) is 4.79 Å². The zero-order valence-corrected chi connectivity index (χ0v) is 7.94. The van der Waals surface area contributed by atoms with Crippen LogP contribution >= 0.6 is 0 Å². The van der Waals surface area contributed by atoms with Crippen LogP contribution in [0.2, 0.25) is 0 Å². The molecule has 0 saturated carbocycles. The Bertz CT molecular complexity index is 241. The van der Waals surface area contributed by atoms with Crippen molar-refractivity contribution in [3.8, 4) is 0 Å². The van der Waals surface area contributed by atoms with Gasteiger partial charge in [0.05, 0.1) is 0 Å². The van der Waals surface area contributed by atoms with Gasteiger partial charge in [0.2, 0.25) is 5.91 Å². The molecule has 0 spiro atoms. The van der Waals surface area contributed by atoms with E-state index in [0.717, 1.165) is 0 Å². The van der Waals surface area contributed by atoms with E-state index in [4.69, 9.17) is 5.73 Å². The van der Waals surface area contributed by atoms with Crippen molar-refractivity contribution in [1.82, 2.24) is 15.1 Å². The Kier molecular flexibility index (Phi) is 2.53. The summed E-state index contributed by atoms with van der Waals surface area (Å²) in [6.07, 6.45) is -0.587. The molecule has 1 fully saturated rings. The van der Waals surface area contributed by atoms with Gasteiger partial charge in [-0.05, 0) is 14.1 Å². The van der Waals surface area contributed by atoms with Gasteiger partial charge in [-0.1, -0.05) is 0 Å². The summed E-state index contributed by atoms with van der Waals surface area (Å²) in [7, 11) is 5.05. The SMILES string of the molecule is CN(C)C1C(=O)NC(=O)N(C)C1N. The Morgan fingerprint density at radius 2 is 2.00 bits per heavy atom. The minimum absolute atomic E-state index is 0.347. The van der Waals surface area contributed by atoms with Crippen LogP contribution in [0.5, 0.6) is 0 Å². The summed E-state index contributed by atoms with van der Waals surface area (Å²) in [5, 5.41) is 2.22. The molecule has 3 N–H and O–H groups in total. The number of likely N-dealkylation sites (N-methyl/N-ethyl adjacent to an activating group) is 2. The first-order chi connectivity index (χ1) is 5.95. The van der Waals surface area contributed by atoms with Crippen LogP contribution in [0, 0.1) is 0 Å². The molecule has 13 heavy (non-hydrogen) atoms. The van der Waals surface area contributed by atoms with Gasteiger partial charge >= 0.3 is 6.03 Å². The standard InChI is InChI=1S/C7H14N4O2/c1-10(2)4-5(8)11(3)7(13)9-6(4)12/h4-5H,8H2,1-3H3,(H,9,12,13). The van der Waals surface area contributed by atoms with Crippen molar-refractivity contribution in [2.24, 2.45) is 5.73 Å². The second-order valence-corrected chi connectivity index (χ2v) is 3.30. The summed E-state index contributed by atoms with van der Waals surface area (Å²) in [5.41, 5.74) is 5.71. The van der Waals surface area contributed by atoms with E-state index in [2.05, 4.69) is 5.32 Å². The third-order valence-electron chi connectivity index (χ3n) is 2.15. The van der Waals surface area contributed by atoms with E-state index in [-0.39, 0.29) is 5.91 Å². The van der Waals surface area contributed by atoms with Crippen LogP contribution in [0.25, 0.3) is 0 Å². The molecule has 2 unspecified atom stereocenters. The molecule has 0 aromatic heterocycles. The molecule has 1 saturated heterocycles. The van der Waals surface area contributed by atoms with Crippen molar-refractivity contribution in [1.29, 1.82) is 0 Å². The number of urea groups is 1. The van der Waals surface area contributed by atoms with E-state index >= 15 is 0 Å². The molecule has 2 atom stereocenters. The largest absolute Gasteiger partial charge is 0.325 e. The first-order valence-electron chi connectivity index (χ1n) is 3.95. The number of imide groups is 1. The monoisotopic (exact) mass is 186 g/mol. The Morgan fingerprint density at radius 3 is 2.46 bits per heavy atom. The predicted molar refractivity (Wildman–Crippen MR) is 46.8 cm³/mol.